The molecule has 142 valence electrons. The van der Waals surface area contributed by atoms with Crippen LogP contribution in [0.15, 0.2) is 76.2 Å². The SMILES string of the molecule is O=C(Nc1cccc(NC(=O)C2CC2)c1)c1occc1CSc1ccccc1. The zero-order chi connectivity index (χ0) is 19.3. The van der Waals surface area contributed by atoms with Gasteiger partial charge in [-0.3, -0.25) is 9.59 Å². The van der Waals surface area contributed by atoms with Crippen LogP contribution in [0.3, 0.4) is 0 Å². The molecule has 2 aromatic carbocycles. The maximum atomic E-state index is 12.7. The predicted molar refractivity (Wildman–Crippen MR) is 110 cm³/mol. The second kappa shape index (κ2) is 8.35. The molecule has 1 saturated carbocycles. The van der Waals surface area contributed by atoms with Gasteiger partial charge in [0, 0.05) is 33.5 Å². The highest BCUT2D eigenvalue weighted by atomic mass is 32.2. The summed E-state index contributed by atoms with van der Waals surface area (Å²) < 4.78 is 5.43. The number of benzene rings is 2. The van der Waals surface area contributed by atoms with Gasteiger partial charge in [-0.05, 0) is 49.2 Å². The molecule has 0 atom stereocenters. The van der Waals surface area contributed by atoms with Gasteiger partial charge in [0.25, 0.3) is 5.91 Å². The number of carbonyl (C=O) groups excluding carboxylic acids is 2. The molecule has 6 heteroatoms. The second-order valence-corrected chi connectivity index (χ2v) is 7.72. The first-order valence-corrected chi connectivity index (χ1v) is 10.1. The van der Waals surface area contributed by atoms with Gasteiger partial charge in [0.15, 0.2) is 5.76 Å². The summed E-state index contributed by atoms with van der Waals surface area (Å²) in [6.45, 7) is 0. The fraction of sp³-hybridized carbons (Fsp3) is 0.182. The molecule has 1 fully saturated rings. The monoisotopic (exact) mass is 392 g/mol. The lowest BCUT2D eigenvalue weighted by molar-refractivity contribution is -0.117. The Morgan fingerprint density at radius 2 is 1.71 bits per heavy atom. The summed E-state index contributed by atoms with van der Waals surface area (Å²) in [7, 11) is 0. The molecule has 28 heavy (non-hydrogen) atoms. The number of nitrogens with one attached hydrogen (secondary N) is 2. The Labute approximate surface area is 167 Å². The van der Waals surface area contributed by atoms with Crippen LogP contribution in [0.1, 0.15) is 29.0 Å². The van der Waals surface area contributed by atoms with Crippen molar-refractivity contribution in [3.63, 3.8) is 0 Å². The van der Waals surface area contributed by atoms with Gasteiger partial charge in [0.1, 0.15) is 0 Å². The first kappa shape index (κ1) is 18.4. The number of hydrogen-bond donors (Lipinski definition) is 2. The van der Waals surface area contributed by atoms with Crippen LogP contribution >= 0.6 is 11.8 Å². The number of amides is 2. The van der Waals surface area contributed by atoms with E-state index in [1.807, 2.05) is 42.5 Å². The average molecular weight is 392 g/mol. The fourth-order valence-electron chi connectivity index (χ4n) is 2.78. The Balaban J connectivity index is 1.40. The van der Waals surface area contributed by atoms with Gasteiger partial charge in [-0.25, -0.2) is 0 Å². The molecule has 0 saturated heterocycles. The number of rotatable bonds is 7. The molecular weight excluding hydrogens is 372 g/mol. The van der Waals surface area contributed by atoms with Crippen LogP contribution in [-0.4, -0.2) is 11.8 Å². The highest BCUT2D eigenvalue weighted by Gasteiger charge is 2.29. The number of anilines is 2. The van der Waals surface area contributed by atoms with Gasteiger partial charge in [-0.1, -0.05) is 24.3 Å². The lowest BCUT2D eigenvalue weighted by atomic mass is 10.2. The van der Waals surface area contributed by atoms with Crippen LogP contribution in [0.5, 0.6) is 0 Å². The van der Waals surface area contributed by atoms with Crippen molar-refractivity contribution >= 4 is 35.0 Å². The summed E-state index contributed by atoms with van der Waals surface area (Å²) in [6, 6.07) is 19.0. The molecule has 1 aliphatic rings. The third-order valence-electron chi connectivity index (χ3n) is 4.43. The number of thioether (sulfide) groups is 1. The highest BCUT2D eigenvalue weighted by molar-refractivity contribution is 7.98. The van der Waals surface area contributed by atoms with Crippen molar-refractivity contribution in [3.05, 3.63) is 78.3 Å². The van der Waals surface area contributed by atoms with Gasteiger partial charge in [0.2, 0.25) is 5.91 Å². The maximum absolute atomic E-state index is 12.7. The summed E-state index contributed by atoms with van der Waals surface area (Å²) in [6.07, 6.45) is 3.43. The highest BCUT2D eigenvalue weighted by Crippen LogP contribution is 2.30. The van der Waals surface area contributed by atoms with Crippen LogP contribution < -0.4 is 10.6 Å². The van der Waals surface area contributed by atoms with Crippen LogP contribution in [-0.2, 0) is 10.5 Å². The van der Waals surface area contributed by atoms with Gasteiger partial charge in [0.05, 0.1) is 6.26 Å². The molecular formula is C22H20N2O3S. The van der Waals surface area contributed by atoms with E-state index in [0.29, 0.717) is 22.9 Å². The van der Waals surface area contributed by atoms with Crippen molar-refractivity contribution in [1.82, 2.24) is 0 Å². The van der Waals surface area contributed by atoms with Crippen LogP contribution in [0.4, 0.5) is 11.4 Å². The minimum atomic E-state index is -0.306. The van der Waals surface area contributed by atoms with E-state index >= 15 is 0 Å². The van der Waals surface area contributed by atoms with Gasteiger partial charge in [-0.2, -0.15) is 0 Å². The number of furan rings is 1. The molecule has 0 bridgehead atoms. The molecule has 4 rings (SSSR count). The Bertz CT molecular complexity index is 980. The van der Waals surface area contributed by atoms with Crippen molar-refractivity contribution in [1.29, 1.82) is 0 Å². The van der Waals surface area contributed by atoms with E-state index in [2.05, 4.69) is 10.6 Å². The van der Waals surface area contributed by atoms with Crippen molar-refractivity contribution in [2.75, 3.05) is 10.6 Å². The first-order valence-electron chi connectivity index (χ1n) is 9.15. The van der Waals surface area contributed by atoms with Crippen LogP contribution in [0.25, 0.3) is 0 Å². The maximum Gasteiger partial charge on any atom is 0.291 e. The van der Waals surface area contributed by atoms with E-state index in [1.54, 1.807) is 30.0 Å². The van der Waals surface area contributed by atoms with E-state index in [4.69, 9.17) is 4.42 Å². The molecule has 3 aromatic rings. The molecule has 0 spiro atoms. The molecule has 1 aliphatic carbocycles. The standard InChI is InChI=1S/C22H20N2O3S/c25-21(15-9-10-15)23-17-5-4-6-18(13-17)24-22(26)20-16(11-12-27-20)14-28-19-7-2-1-3-8-19/h1-8,11-13,15H,9-10,14H2,(H,23,25)(H,24,26). The van der Waals surface area contributed by atoms with Gasteiger partial charge < -0.3 is 15.1 Å². The van der Waals surface area contributed by atoms with Crippen molar-refractivity contribution < 1.29 is 14.0 Å². The Hall–Kier alpha value is -2.99. The molecule has 0 aliphatic heterocycles. The molecule has 5 nitrogen and oxygen atoms in total. The first-order chi connectivity index (χ1) is 13.7. The summed E-state index contributed by atoms with van der Waals surface area (Å²) >= 11 is 1.65. The van der Waals surface area contributed by atoms with E-state index in [0.717, 1.165) is 23.3 Å². The number of hydrogen-bond acceptors (Lipinski definition) is 4. The van der Waals surface area contributed by atoms with Crippen molar-refractivity contribution in [3.8, 4) is 0 Å². The minimum absolute atomic E-state index is 0.0368. The van der Waals surface area contributed by atoms with Crippen LogP contribution in [0, 0.1) is 5.92 Å². The normalized spacial score (nSPS) is 13.1. The molecule has 0 unspecified atom stereocenters. The summed E-state index contributed by atoms with van der Waals surface area (Å²) in [5.41, 5.74) is 2.12. The zero-order valence-corrected chi connectivity index (χ0v) is 16.0. The smallest absolute Gasteiger partial charge is 0.291 e. The zero-order valence-electron chi connectivity index (χ0n) is 15.2. The fourth-order valence-corrected chi connectivity index (χ4v) is 3.68. The Kier molecular flexibility index (Phi) is 5.48. The predicted octanol–water partition coefficient (Wildman–Crippen LogP) is 5.17. The van der Waals surface area contributed by atoms with Crippen molar-refractivity contribution in [2.24, 2.45) is 5.92 Å². The summed E-state index contributed by atoms with van der Waals surface area (Å²) in [5.74, 6) is 0.803. The molecule has 2 amide bonds. The largest absolute Gasteiger partial charge is 0.459 e. The lowest BCUT2D eigenvalue weighted by Crippen LogP contribution is -2.15. The van der Waals surface area contributed by atoms with E-state index in [1.165, 1.54) is 6.26 Å². The lowest BCUT2D eigenvalue weighted by Gasteiger charge is -2.08. The summed E-state index contributed by atoms with van der Waals surface area (Å²) in [5, 5.41) is 5.73. The topological polar surface area (TPSA) is 71.3 Å². The third kappa shape index (κ3) is 4.64. The minimum Gasteiger partial charge on any atom is -0.459 e. The summed E-state index contributed by atoms with van der Waals surface area (Å²) in [4.78, 5) is 25.7. The second-order valence-electron chi connectivity index (χ2n) is 6.68. The van der Waals surface area contributed by atoms with Gasteiger partial charge in [-0.15, -0.1) is 11.8 Å². The molecule has 0 radical (unpaired) electrons. The molecule has 1 aromatic heterocycles. The number of carbonyl (C=O) groups is 2. The van der Waals surface area contributed by atoms with E-state index in [9.17, 15) is 9.59 Å². The van der Waals surface area contributed by atoms with Gasteiger partial charge >= 0.3 is 0 Å². The molecule has 1 heterocycles. The van der Waals surface area contributed by atoms with Crippen molar-refractivity contribution in [2.45, 2.75) is 23.5 Å². The Morgan fingerprint density at radius 3 is 2.46 bits per heavy atom. The third-order valence-corrected chi connectivity index (χ3v) is 5.49. The quantitative estimate of drug-likeness (QED) is 0.544. The molecule has 2 N–H and O–H groups in total. The van der Waals surface area contributed by atoms with E-state index in [-0.39, 0.29) is 17.7 Å². The Morgan fingerprint density at radius 1 is 0.964 bits per heavy atom. The average Bonchev–Trinajstić information content (AvgIpc) is 3.45. The van der Waals surface area contributed by atoms with E-state index < -0.39 is 0 Å². The van der Waals surface area contributed by atoms with Crippen LogP contribution in [0.2, 0.25) is 0 Å².